The molecule has 0 bridgehead atoms. The maximum Gasteiger partial charge on any atom is 0.140 e. The third kappa shape index (κ3) is 4.19. The molecule has 2 rings (SSSR count). The molecular formula is C16H20ClNO2S. The molecule has 0 aliphatic heterocycles. The van der Waals surface area contributed by atoms with Gasteiger partial charge in [0, 0.05) is 10.8 Å². The molecule has 1 aromatic carbocycles. The second kappa shape index (κ2) is 6.34. The van der Waals surface area contributed by atoms with Crippen LogP contribution in [0.4, 0.5) is 0 Å². The first-order valence-electron chi connectivity index (χ1n) is 6.82. The summed E-state index contributed by atoms with van der Waals surface area (Å²) >= 11 is 7.75. The molecule has 0 amide bonds. The number of hydrogen-bond acceptors (Lipinski definition) is 4. The Morgan fingerprint density at radius 2 is 2.10 bits per heavy atom. The minimum atomic E-state index is -0.537. The van der Waals surface area contributed by atoms with E-state index in [1.807, 2.05) is 6.07 Å². The summed E-state index contributed by atoms with van der Waals surface area (Å²) in [5.41, 5.74) is 1.89. The van der Waals surface area contributed by atoms with Crippen molar-refractivity contribution in [2.75, 3.05) is 0 Å². The normalized spacial score (nSPS) is 13.2. The van der Waals surface area contributed by atoms with E-state index in [2.05, 4.69) is 31.1 Å². The van der Waals surface area contributed by atoms with E-state index >= 15 is 0 Å². The molecular weight excluding hydrogens is 306 g/mol. The van der Waals surface area contributed by atoms with Crippen molar-refractivity contribution in [1.82, 2.24) is 4.98 Å². The molecule has 0 spiro atoms. The van der Waals surface area contributed by atoms with Gasteiger partial charge in [-0.05, 0) is 24.6 Å². The second-order valence-corrected chi connectivity index (χ2v) is 7.38. The van der Waals surface area contributed by atoms with Crippen LogP contribution in [0.25, 0.3) is 0 Å². The Hall–Kier alpha value is -1.10. The van der Waals surface area contributed by atoms with Crippen LogP contribution >= 0.6 is 22.9 Å². The van der Waals surface area contributed by atoms with E-state index in [0.717, 1.165) is 16.3 Å². The number of aliphatic hydroxyl groups is 1. The summed E-state index contributed by atoms with van der Waals surface area (Å²) in [6.45, 7) is 8.51. The Morgan fingerprint density at radius 1 is 1.38 bits per heavy atom. The van der Waals surface area contributed by atoms with Gasteiger partial charge in [-0.3, -0.25) is 0 Å². The van der Waals surface area contributed by atoms with E-state index in [1.54, 1.807) is 30.4 Å². The highest BCUT2D eigenvalue weighted by Crippen LogP contribution is 2.29. The molecule has 2 aromatic rings. The average Bonchev–Trinajstić information content (AvgIpc) is 2.85. The number of thiazole rings is 1. The Kier molecular flexibility index (Phi) is 4.91. The van der Waals surface area contributed by atoms with Gasteiger partial charge in [0.2, 0.25) is 0 Å². The van der Waals surface area contributed by atoms with Gasteiger partial charge >= 0.3 is 0 Å². The summed E-state index contributed by atoms with van der Waals surface area (Å²) in [6.07, 6.45) is -0.537. The average molecular weight is 326 g/mol. The lowest BCUT2D eigenvalue weighted by Crippen LogP contribution is -2.11. The largest absolute Gasteiger partial charge is 0.485 e. The maximum absolute atomic E-state index is 9.52. The van der Waals surface area contributed by atoms with Gasteiger partial charge in [0.25, 0.3) is 0 Å². The molecule has 21 heavy (non-hydrogen) atoms. The molecule has 1 aromatic heterocycles. The van der Waals surface area contributed by atoms with E-state index in [0.29, 0.717) is 17.4 Å². The number of rotatable bonds is 4. The fraction of sp³-hybridized carbons (Fsp3) is 0.438. The lowest BCUT2D eigenvalue weighted by molar-refractivity contribution is 0.199. The van der Waals surface area contributed by atoms with Crippen molar-refractivity contribution in [3.05, 3.63) is 44.9 Å². The van der Waals surface area contributed by atoms with Gasteiger partial charge in [0.1, 0.15) is 17.4 Å². The zero-order valence-electron chi connectivity index (χ0n) is 12.7. The minimum absolute atomic E-state index is 0.0469. The third-order valence-corrected chi connectivity index (χ3v) is 4.23. The molecule has 1 N–H and O–H groups in total. The Morgan fingerprint density at radius 3 is 2.62 bits per heavy atom. The number of ether oxygens (including phenoxy) is 1. The molecule has 5 heteroatoms. The quantitative estimate of drug-likeness (QED) is 0.884. The predicted molar refractivity (Wildman–Crippen MR) is 87.2 cm³/mol. The van der Waals surface area contributed by atoms with Crippen LogP contribution in [-0.2, 0) is 12.0 Å². The van der Waals surface area contributed by atoms with Crippen LogP contribution in [0, 0.1) is 0 Å². The van der Waals surface area contributed by atoms with E-state index < -0.39 is 6.10 Å². The van der Waals surface area contributed by atoms with Gasteiger partial charge in [-0.2, -0.15) is 0 Å². The van der Waals surface area contributed by atoms with Gasteiger partial charge in [0.15, 0.2) is 0 Å². The summed E-state index contributed by atoms with van der Waals surface area (Å²) in [5.74, 6) is 0.605. The molecule has 0 radical (unpaired) electrons. The highest BCUT2D eigenvalue weighted by molar-refractivity contribution is 7.09. The van der Waals surface area contributed by atoms with E-state index in [4.69, 9.17) is 16.3 Å². The topological polar surface area (TPSA) is 42.4 Å². The molecule has 0 fully saturated rings. The molecule has 3 nitrogen and oxygen atoms in total. The summed E-state index contributed by atoms with van der Waals surface area (Å²) < 4.78 is 5.72. The number of hydrogen-bond donors (Lipinski definition) is 1. The van der Waals surface area contributed by atoms with E-state index in [9.17, 15) is 5.11 Å². The molecule has 0 unspecified atom stereocenters. The smallest absolute Gasteiger partial charge is 0.140 e. The van der Waals surface area contributed by atoms with Crippen molar-refractivity contribution in [2.24, 2.45) is 0 Å². The fourth-order valence-electron chi connectivity index (χ4n) is 1.76. The molecule has 0 aliphatic carbocycles. The van der Waals surface area contributed by atoms with E-state index in [-0.39, 0.29) is 5.41 Å². The molecule has 1 heterocycles. The molecule has 1 atom stereocenters. The Balaban J connectivity index is 2.05. The van der Waals surface area contributed by atoms with Gasteiger partial charge in [-0.1, -0.05) is 38.4 Å². The van der Waals surface area contributed by atoms with Crippen LogP contribution in [0.15, 0.2) is 23.6 Å². The number of nitrogens with zero attached hydrogens (tertiary/aromatic N) is 1. The Labute approximate surface area is 134 Å². The SMILES string of the molecule is C[C@@H](O)c1ccc(OCc2nc(C(C)(C)C)cs2)c(Cl)c1. The number of benzene rings is 1. The number of aromatic nitrogens is 1. The second-order valence-electron chi connectivity index (χ2n) is 6.03. The lowest BCUT2D eigenvalue weighted by atomic mass is 9.93. The first-order valence-corrected chi connectivity index (χ1v) is 8.08. The first-order chi connectivity index (χ1) is 9.77. The summed E-state index contributed by atoms with van der Waals surface area (Å²) in [7, 11) is 0. The lowest BCUT2D eigenvalue weighted by Gasteiger charge is -2.14. The number of aliphatic hydroxyl groups excluding tert-OH is 1. The van der Waals surface area contributed by atoms with Crippen LogP contribution in [0.1, 0.15) is 50.1 Å². The van der Waals surface area contributed by atoms with Crippen LogP contribution in [-0.4, -0.2) is 10.1 Å². The van der Waals surface area contributed by atoms with Crippen molar-refractivity contribution in [1.29, 1.82) is 0 Å². The summed E-state index contributed by atoms with van der Waals surface area (Å²) in [5, 5.41) is 13.0. The van der Waals surface area contributed by atoms with Crippen molar-refractivity contribution in [3.8, 4) is 5.75 Å². The van der Waals surface area contributed by atoms with Gasteiger partial charge in [0.05, 0.1) is 16.8 Å². The summed E-state index contributed by atoms with van der Waals surface area (Å²) in [4.78, 5) is 4.58. The van der Waals surface area contributed by atoms with Gasteiger partial charge < -0.3 is 9.84 Å². The van der Waals surface area contributed by atoms with E-state index in [1.165, 1.54) is 0 Å². The maximum atomic E-state index is 9.52. The monoisotopic (exact) mass is 325 g/mol. The molecule has 0 saturated heterocycles. The number of halogens is 1. The Bertz CT molecular complexity index is 617. The van der Waals surface area contributed by atoms with Crippen LogP contribution < -0.4 is 4.74 Å². The standard InChI is InChI=1S/C16H20ClNO2S/c1-10(19)11-5-6-13(12(17)7-11)20-8-15-18-14(9-21-15)16(2,3)4/h5-7,9-10,19H,8H2,1-4H3/t10-/m1/s1. The fourth-order valence-corrected chi connectivity index (χ4v) is 2.93. The van der Waals surface area contributed by atoms with Crippen LogP contribution in [0.3, 0.4) is 0 Å². The predicted octanol–water partition coefficient (Wildman–Crippen LogP) is 4.73. The molecule has 0 aliphatic rings. The minimum Gasteiger partial charge on any atom is -0.485 e. The van der Waals surface area contributed by atoms with Gasteiger partial charge in [-0.25, -0.2) is 4.98 Å². The zero-order valence-corrected chi connectivity index (χ0v) is 14.3. The highest BCUT2D eigenvalue weighted by Gasteiger charge is 2.17. The zero-order chi connectivity index (χ0) is 15.6. The highest BCUT2D eigenvalue weighted by atomic mass is 35.5. The van der Waals surface area contributed by atoms with Crippen molar-refractivity contribution in [2.45, 2.75) is 45.8 Å². The van der Waals surface area contributed by atoms with Crippen molar-refractivity contribution < 1.29 is 9.84 Å². The van der Waals surface area contributed by atoms with Crippen molar-refractivity contribution in [3.63, 3.8) is 0 Å². The summed E-state index contributed by atoms with van der Waals surface area (Å²) in [6, 6.07) is 5.32. The third-order valence-electron chi connectivity index (χ3n) is 3.11. The van der Waals surface area contributed by atoms with Crippen molar-refractivity contribution >= 4 is 22.9 Å². The molecule has 114 valence electrons. The van der Waals surface area contributed by atoms with Gasteiger partial charge in [-0.15, -0.1) is 11.3 Å². The molecule has 0 saturated carbocycles. The first kappa shape index (κ1) is 16.3. The van der Waals surface area contributed by atoms with Crippen LogP contribution in [0.5, 0.6) is 5.75 Å². The van der Waals surface area contributed by atoms with Crippen LogP contribution in [0.2, 0.25) is 5.02 Å².